The highest BCUT2D eigenvalue weighted by Crippen LogP contribution is 2.30. The number of hydrogen-bond acceptors (Lipinski definition) is 4. The molecule has 26 heavy (non-hydrogen) atoms. The number of hydrogen-bond donors (Lipinski definition) is 1. The van der Waals surface area contributed by atoms with Gasteiger partial charge in [0, 0.05) is 11.6 Å². The van der Waals surface area contributed by atoms with Crippen molar-refractivity contribution in [1.82, 2.24) is 4.98 Å². The van der Waals surface area contributed by atoms with E-state index in [1.54, 1.807) is 6.20 Å². The van der Waals surface area contributed by atoms with Crippen LogP contribution in [0.3, 0.4) is 0 Å². The van der Waals surface area contributed by atoms with E-state index >= 15 is 0 Å². The molecule has 1 amide bonds. The quantitative estimate of drug-likeness (QED) is 0.721. The van der Waals surface area contributed by atoms with Gasteiger partial charge < -0.3 is 14.8 Å². The molecule has 2 aromatic carbocycles. The summed E-state index contributed by atoms with van der Waals surface area (Å²) in [5.41, 5.74) is 3.61. The minimum Gasteiger partial charge on any atom is -0.492 e. The molecule has 0 atom stereocenters. The van der Waals surface area contributed by atoms with Gasteiger partial charge in [-0.2, -0.15) is 0 Å². The maximum absolute atomic E-state index is 12.3. The zero-order valence-corrected chi connectivity index (χ0v) is 15.2. The van der Waals surface area contributed by atoms with Crippen molar-refractivity contribution < 1.29 is 14.3 Å². The predicted molar refractivity (Wildman–Crippen MR) is 103 cm³/mol. The molecule has 1 heterocycles. The van der Waals surface area contributed by atoms with Crippen molar-refractivity contribution >= 4 is 22.5 Å². The second-order valence-corrected chi connectivity index (χ2v) is 6.10. The van der Waals surface area contributed by atoms with Gasteiger partial charge in [0.05, 0.1) is 12.3 Å². The summed E-state index contributed by atoms with van der Waals surface area (Å²) in [7, 11) is 0. The van der Waals surface area contributed by atoms with Gasteiger partial charge >= 0.3 is 0 Å². The van der Waals surface area contributed by atoms with Crippen molar-refractivity contribution in [2.24, 2.45) is 0 Å². The number of rotatable bonds is 6. The van der Waals surface area contributed by atoms with Crippen LogP contribution in [0.15, 0.2) is 48.7 Å². The molecule has 0 bridgehead atoms. The first-order chi connectivity index (χ1) is 12.6. The fourth-order valence-electron chi connectivity index (χ4n) is 2.88. The summed E-state index contributed by atoms with van der Waals surface area (Å²) in [6.07, 6.45) is 1.71. The Hall–Kier alpha value is -3.08. The van der Waals surface area contributed by atoms with Crippen LogP contribution >= 0.6 is 0 Å². The summed E-state index contributed by atoms with van der Waals surface area (Å²) < 4.78 is 11.2. The highest BCUT2D eigenvalue weighted by atomic mass is 16.5. The molecule has 1 N–H and O–H groups in total. The average molecular weight is 350 g/mol. The van der Waals surface area contributed by atoms with Crippen molar-refractivity contribution in [1.29, 1.82) is 0 Å². The fraction of sp³-hybridized carbons (Fsp3) is 0.238. The van der Waals surface area contributed by atoms with Crippen LogP contribution in [0.25, 0.3) is 10.9 Å². The smallest absolute Gasteiger partial charge is 0.262 e. The Labute approximate surface area is 153 Å². The van der Waals surface area contributed by atoms with E-state index in [1.807, 2.05) is 57.2 Å². The average Bonchev–Trinajstić information content (AvgIpc) is 2.61. The van der Waals surface area contributed by atoms with E-state index in [4.69, 9.17) is 9.47 Å². The standard InChI is InChI=1S/C21H22N2O3/c1-4-25-19-8-7-18(17-6-5-9-22-21(17)19)23-20(24)13-26-16-11-14(2)10-15(3)12-16/h5-12H,4,13H2,1-3H3,(H,23,24). The predicted octanol–water partition coefficient (Wildman–Crippen LogP) is 4.27. The Balaban J connectivity index is 1.74. The summed E-state index contributed by atoms with van der Waals surface area (Å²) in [5, 5.41) is 3.73. The molecule has 5 heteroatoms. The summed E-state index contributed by atoms with van der Waals surface area (Å²) in [5.74, 6) is 1.17. The third-order valence-electron chi connectivity index (χ3n) is 3.87. The minimum absolute atomic E-state index is 0.0577. The maximum Gasteiger partial charge on any atom is 0.262 e. The SMILES string of the molecule is CCOc1ccc(NC(=O)COc2cc(C)cc(C)c2)c2cccnc12. The van der Waals surface area contributed by atoms with Crippen molar-refractivity contribution in [3.8, 4) is 11.5 Å². The molecule has 0 saturated carbocycles. The number of carbonyl (C=O) groups excluding carboxylic acids is 1. The molecule has 134 valence electrons. The van der Waals surface area contributed by atoms with Crippen LogP contribution in [-0.4, -0.2) is 24.1 Å². The lowest BCUT2D eigenvalue weighted by atomic mass is 10.1. The van der Waals surface area contributed by atoms with E-state index < -0.39 is 0 Å². The van der Waals surface area contributed by atoms with Crippen LogP contribution < -0.4 is 14.8 Å². The van der Waals surface area contributed by atoms with E-state index in [1.165, 1.54) is 0 Å². The van der Waals surface area contributed by atoms with Gasteiger partial charge in [0.25, 0.3) is 5.91 Å². The third-order valence-corrected chi connectivity index (χ3v) is 3.87. The van der Waals surface area contributed by atoms with Gasteiger partial charge in [0.15, 0.2) is 6.61 Å². The molecule has 0 unspecified atom stereocenters. The molecular formula is C21H22N2O3. The third kappa shape index (κ3) is 4.11. The number of nitrogens with zero attached hydrogens (tertiary/aromatic N) is 1. The summed E-state index contributed by atoms with van der Waals surface area (Å²) >= 11 is 0. The monoisotopic (exact) mass is 350 g/mol. The van der Waals surface area contributed by atoms with Gasteiger partial charge in [0.1, 0.15) is 17.0 Å². The van der Waals surface area contributed by atoms with E-state index in [0.717, 1.165) is 22.0 Å². The number of ether oxygens (including phenoxy) is 2. The number of carbonyl (C=O) groups is 1. The molecule has 3 rings (SSSR count). The van der Waals surface area contributed by atoms with Gasteiger partial charge in [-0.3, -0.25) is 9.78 Å². The number of fused-ring (bicyclic) bond motifs is 1. The number of amides is 1. The molecule has 5 nitrogen and oxygen atoms in total. The zero-order chi connectivity index (χ0) is 18.5. The number of nitrogens with one attached hydrogen (secondary N) is 1. The highest BCUT2D eigenvalue weighted by Gasteiger charge is 2.11. The molecule has 0 aliphatic rings. The van der Waals surface area contributed by atoms with E-state index in [9.17, 15) is 4.79 Å². The summed E-state index contributed by atoms with van der Waals surface area (Å²) in [6.45, 7) is 6.42. The second-order valence-electron chi connectivity index (χ2n) is 6.10. The van der Waals surface area contributed by atoms with Crippen molar-refractivity contribution in [2.45, 2.75) is 20.8 Å². The van der Waals surface area contributed by atoms with Crippen LogP contribution in [0.4, 0.5) is 5.69 Å². The molecule has 0 radical (unpaired) electrons. The number of pyridine rings is 1. The van der Waals surface area contributed by atoms with Crippen molar-refractivity contribution in [2.75, 3.05) is 18.5 Å². The Kier molecular flexibility index (Phi) is 5.37. The Morgan fingerprint density at radius 1 is 1.08 bits per heavy atom. The first kappa shape index (κ1) is 17.7. The zero-order valence-electron chi connectivity index (χ0n) is 15.2. The van der Waals surface area contributed by atoms with Gasteiger partial charge in [-0.05, 0) is 68.3 Å². The summed E-state index contributed by atoms with van der Waals surface area (Å²) in [4.78, 5) is 16.7. The number of aromatic nitrogens is 1. The fourth-order valence-corrected chi connectivity index (χ4v) is 2.88. The van der Waals surface area contributed by atoms with E-state index in [2.05, 4.69) is 16.4 Å². The van der Waals surface area contributed by atoms with Crippen LogP contribution in [-0.2, 0) is 4.79 Å². The Morgan fingerprint density at radius 3 is 2.58 bits per heavy atom. The first-order valence-electron chi connectivity index (χ1n) is 8.58. The molecule has 0 aliphatic carbocycles. The molecule has 0 fully saturated rings. The van der Waals surface area contributed by atoms with E-state index in [0.29, 0.717) is 23.8 Å². The van der Waals surface area contributed by atoms with Crippen LogP contribution in [0.2, 0.25) is 0 Å². The van der Waals surface area contributed by atoms with Crippen molar-refractivity contribution in [3.63, 3.8) is 0 Å². The lowest BCUT2D eigenvalue weighted by molar-refractivity contribution is -0.118. The maximum atomic E-state index is 12.3. The summed E-state index contributed by atoms with van der Waals surface area (Å²) in [6, 6.07) is 13.3. The molecular weight excluding hydrogens is 328 g/mol. The molecule has 3 aromatic rings. The number of anilines is 1. The first-order valence-corrected chi connectivity index (χ1v) is 8.58. The lowest BCUT2D eigenvalue weighted by Gasteiger charge is -2.12. The molecule has 1 aromatic heterocycles. The van der Waals surface area contributed by atoms with Gasteiger partial charge in [-0.15, -0.1) is 0 Å². The molecule has 0 aliphatic heterocycles. The van der Waals surface area contributed by atoms with Crippen molar-refractivity contribution in [3.05, 3.63) is 59.8 Å². The topological polar surface area (TPSA) is 60.5 Å². The highest BCUT2D eigenvalue weighted by molar-refractivity contribution is 6.03. The van der Waals surface area contributed by atoms with Gasteiger partial charge in [-0.25, -0.2) is 0 Å². The minimum atomic E-state index is -0.224. The van der Waals surface area contributed by atoms with E-state index in [-0.39, 0.29) is 12.5 Å². The van der Waals surface area contributed by atoms with Gasteiger partial charge in [-0.1, -0.05) is 6.07 Å². The van der Waals surface area contributed by atoms with Gasteiger partial charge in [0.2, 0.25) is 0 Å². The molecule has 0 spiro atoms. The Morgan fingerprint density at radius 2 is 1.85 bits per heavy atom. The van der Waals surface area contributed by atoms with Crippen LogP contribution in [0.1, 0.15) is 18.1 Å². The second kappa shape index (κ2) is 7.87. The van der Waals surface area contributed by atoms with Crippen LogP contribution in [0.5, 0.6) is 11.5 Å². The Bertz CT molecular complexity index is 917. The lowest BCUT2D eigenvalue weighted by Crippen LogP contribution is -2.20. The largest absolute Gasteiger partial charge is 0.492 e. The normalized spacial score (nSPS) is 10.6. The number of aryl methyl sites for hydroxylation is 2. The van der Waals surface area contributed by atoms with Crippen LogP contribution in [0, 0.1) is 13.8 Å². The molecule has 0 saturated heterocycles. The number of benzene rings is 2.